The highest BCUT2D eigenvalue weighted by molar-refractivity contribution is 7.80. The number of aliphatic carboxylic acids is 1. The van der Waals surface area contributed by atoms with Crippen molar-refractivity contribution in [2.75, 3.05) is 18.9 Å². The van der Waals surface area contributed by atoms with Crippen LogP contribution in [0, 0.1) is 0 Å². The first kappa shape index (κ1) is 36.5. The van der Waals surface area contributed by atoms with Crippen LogP contribution < -0.4 is 26.2 Å². The number of β-lactam (4-membered cyclic amide) rings is 1. The second kappa shape index (κ2) is 14.0. The van der Waals surface area contributed by atoms with Gasteiger partial charge in [0.25, 0.3) is 17.4 Å². The van der Waals surface area contributed by atoms with Crippen LogP contribution in [0.5, 0.6) is 5.75 Å². The molecule has 0 bridgehead atoms. The lowest BCUT2D eigenvalue weighted by Crippen LogP contribution is -2.76. The third-order valence-corrected chi connectivity index (χ3v) is 8.69. The lowest BCUT2D eigenvalue weighted by atomic mass is 9.84. The lowest BCUT2D eigenvalue weighted by molar-refractivity contribution is -0.753. The zero-order chi connectivity index (χ0) is 35.6. The summed E-state index contributed by atoms with van der Waals surface area (Å²) in [7, 11) is -3.12. The molecule has 0 saturated carbocycles. The number of nitrogen functional groups attached to an aromatic ring is 1. The number of carboxylic acid groups (broad SMARTS) is 1. The van der Waals surface area contributed by atoms with Crippen LogP contribution in [0.4, 0.5) is 5.13 Å². The molecule has 0 spiro atoms. The number of rotatable bonds is 15. The Kier molecular flexibility index (Phi) is 10.7. The van der Waals surface area contributed by atoms with Crippen molar-refractivity contribution in [3.8, 4) is 16.9 Å². The number of amides is 2. The van der Waals surface area contributed by atoms with E-state index in [4.69, 9.17) is 37.2 Å². The third kappa shape index (κ3) is 8.02. The van der Waals surface area contributed by atoms with Gasteiger partial charge in [-0.25, -0.2) is 9.78 Å². The number of hydrogen-bond acceptors (Lipinski definition) is 13. The molecule has 1 fully saturated rings. The summed E-state index contributed by atoms with van der Waals surface area (Å²) < 4.78 is 45.1. The van der Waals surface area contributed by atoms with Gasteiger partial charge in [0.2, 0.25) is 6.20 Å². The van der Waals surface area contributed by atoms with Crippen LogP contribution in [0.1, 0.15) is 32.9 Å². The van der Waals surface area contributed by atoms with E-state index < -0.39 is 57.7 Å². The van der Waals surface area contributed by atoms with Gasteiger partial charge in [-0.3, -0.25) is 14.1 Å². The minimum Gasteiger partial charge on any atom is -0.489 e. The molecule has 0 radical (unpaired) electrons. The fraction of sp³-hybridized carbons (Fsp3) is 0.407. The van der Waals surface area contributed by atoms with E-state index in [1.54, 1.807) is 24.3 Å². The molecule has 3 aromatic rings. The first-order chi connectivity index (χ1) is 22.4. The maximum Gasteiger partial charge on any atom is 0.418 e. The molecule has 48 heavy (non-hydrogen) atoms. The molecule has 7 N–H and O–H groups in total. The Morgan fingerprint density at radius 1 is 1.27 bits per heavy atom. The van der Waals surface area contributed by atoms with Crippen LogP contribution >= 0.6 is 22.9 Å². The van der Waals surface area contributed by atoms with Crippen molar-refractivity contribution >= 4 is 62.0 Å². The Balaban J connectivity index is 1.51. The molecule has 1 aliphatic heterocycles. The molecule has 3 heterocycles. The topological polar surface area (TPSA) is 255 Å². The maximum absolute atomic E-state index is 13.4. The number of thiazole rings is 1. The zero-order valence-electron chi connectivity index (χ0n) is 26.1. The Morgan fingerprint density at radius 3 is 2.48 bits per heavy atom. The molecule has 2 aromatic heterocycles. The molecule has 2 atom stereocenters. The Hall–Kier alpha value is -4.34. The molecule has 2 amide bonds. The molecule has 0 aliphatic carbocycles. The number of nitrogens with two attached hydrogens (primary N) is 2. The van der Waals surface area contributed by atoms with Gasteiger partial charge in [-0.1, -0.05) is 40.2 Å². The van der Waals surface area contributed by atoms with Crippen molar-refractivity contribution in [3.05, 3.63) is 46.7 Å². The number of nitrogens with one attached hydrogen (secondary N) is 1. The minimum atomic E-state index is -5.04. The van der Waals surface area contributed by atoms with Gasteiger partial charge in [-0.15, -0.1) is 8.97 Å². The van der Waals surface area contributed by atoms with Gasteiger partial charge in [0.1, 0.15) is 28.4 Å². The van der Waals surface area contributed by atoms with Crippen LogP contribution in [0.15, 0.2) is 41.8 Å². The normalized spacial score (nSPS) is 17.4. The monoisotopic (exact) mass is 729 g/mol. The van der Waals surface area contributed by atoms with Crippen molar-refractivity contribution in [3.63, 3.8) is 0 Å². The molecule has 1 saturated heterocycles. The van der Waals surface area contributed by atoms with E-state index in [1.165, 1.54) is 13.8 Å². The Labute approximate surface area is 283 Å². The molecule has 1 aliphatic rings. The second-order valence-corrected chi connectivity index (χ2v) is 14.0. The maximum atomic E-state index is 13.4. The lowest BCUT2D eigenvalue weighted by Gasteiger charge is -2.50. The number of benzene rings is 1. The Bertz CT molecular complexity index is 1840. The molecular formula is C27H34ClN8O10S2+. The first-order valence-electron chi connectivity index (χ1n) is 14.1. The van der Waals surface area contributed by atoms with E-state index in [0.717, 1.165) is 42.4 Å². The first-order valence-corrected chi connectivity index (χ1v) is 16.7. The van der Waals surface area contributed by atoms with Crippen LogP contribution in [0.2, 0.25) is 4.34 Å². The van der Waals surface area contributed by atoms with E-state index >= 15 is 0 Å². The van der Waals surface area contributed by atoms with Gasteiger partial charge in [-0.05, 0) is 51.4 Å². The second-order valence-electron chi connectivity index (χ2n) is 11.3. The summed E-state index contributed by atoms with van der Waals surface area (Å²) in [6.07, 6.45) is 4.77. The third-order valence-electron chi connectivity index (χ3n) is 7.27. The van der Waals surface area contributed by atoms with Crippen molar-refractivity contribution < 1.29 is 51.0 Å². The summed E-state index contributed by atoms with van der Waals surface area (Å²) in [5.74, 6) is -3.30. The van der Waals surface area contributed by atoms with Crippen LogP contribution in [0.25, 0.3) is 11.1 Å². The summed E-state index contributed by atoms with van der Waals surface area (Å²) in [5, 5.41) is 16.4. The quantitative estimate of drug-likeness (QED) is 0.0470. The number of carbonyl (C=O) groups excluding carboxylic acids is 2. The van der Waals surface area contributed by atoms with Crippen molar-refractivity contribution in [2.45, 2.75) is 50.9 Å². The number of nitrogens with zero attached hydrogens (tertiary/aromatic N) is 5. The van der Waals surface area contributed by atoms with E-state index in [1.807, 2.05) is 28.8 Å². The summed E-state index contributed by atoms with van der Waals surface area (Å²) >= 11 is 7.00. The number of anilines is 1. The van der Waals surface area contributed by atoms with Crippen molar-refractivity contribution in [1.82, 2.24) is 20.0 Å². The van der Waals surface area contributed by atoms with Gasteiger partial charge in [0.15, 0.2) is 17.9 Å². The van der Waals surface area contributed by atoms with Gasteiger partial charge in [0.05, 0.1) is 23.8 Å². The van der Waals surface area contributed by atoms with Crippen LogP contribution in [0.3, 0.4) is 0 Å². The summed E-state index contributed by atoms with van der Waals surface area (Å²) in [6.45, 7) is 4.62. The average Bonchev–Trinajstić information content (AvgIpc) is 3.55. The largest absolute Gasteiger partial charge is 0.489 e. The van der Waals surface area contributed by atoms with Crippen LogP contribution in [-0.4, -0.2) is 86.6 Å². The molecule has 1 unspecified atom stereocenters. The van der Waals surface area contributed by atoms with Gasteiger partial charge in [0, 0.05) is 0 Å². The minimum absolute atomic E-state index is 0.0584. The highest BCUT2D eigenvalue weighted by Crippen LogP contribution is 2.33. The molecule has 18 nitrogen and oxygen atoms in total. The predicted molar refractivity (Wildman–Crippen MR) is 171 cm³/mol. The number of aryl methyl sites for hydroxylation is 2. The summed E-state index contributed by atoms with van der Waals surface area (Å²) in [5.41, 5.74) is 8.65. The zero-order valence-corrected chi connectivity index (χ0v) is 28.5. The van der Waals surface area contributed by atoms with Crippen LogP contribution in [-0.2, 0) is 47.5 Å². The molecule has 21 heteroatoms. The fourth-order valence-corrected chi connectivity index (χ4v) is 5.88. The fourth-order valence-electron chi connectivity index (χ4n) is 4.50. The molecular weight excluding hydrogens is 696 g/mol. The number of halogens is 1. The standard InChI is InChI=1S/C27H33ClN8O10S2/c1-26(2)20(23(38)36(26)46-48(41,42)43)32-22(37)19(18-21(28)47-25(30)31-18)33-45-27(3,24(39)40)14-44-17-8-6-15(7-9-17)16-12-34(4)35(13-16)11-5-10-29/h6-9,12-13,20H,5,10-11,14,29H2,1-4H3,(H4-,30,31,32,37,39,40,41,42,43)/p+1/b33-19-/t20-,27?/m1/s1. The van der Waals surface area contributed by atoms with E-state index in [2.05, 4.69) is 19.7 Å². The number of carboxylic acids is 1. The number of aromatic nitrogens is 3. The average molecular weight is 730 g/mol. The van der Waals surface area contributed by atoms with Gasteiger partial charge < -0.3 is 31.5 Å². The van der Waals surface area contributed by atoms with Gasteiger partial charge >= 0.3 is 16.4 Å². The Morgan fingerprint density at radius 2 is 1.94 bits per heavy atom. The smallest absolute Gasteiger partial charge is 0.418 e. The SMILES string of the molecule is C[n+]1cc(-c2ccc(OCC(C)(O/N=C(\C(=O)N[C@@H]3C(=O)N(OS(=O)(=O)O)C3(C)C)c3nc(N)sc3Cl)C(=O)O)cc2)cn1CCCN. The highest BCUT2D eigenvalue weighted by atomic mass is 35.5. The van der Waals surface area contributed by atoms with Gasteiger partial charge in [-0.2, -0.15) is 18.2 Å². The van der Waals surface area contributed by atoms with E-state index in [9.17, 15) is 27.9 Å². The van der Waals surface area contributed by atoms with Crippen molar-refractivity contribution in [2.24, 2.45) is 17.9 Å². The van der Waals surface area contributed by atoms with E-state index in [0.29, 0.717) is 17.4 Å². The number of ether oxygens (including phenoxy) is 1. The molecule has 1 aromatic carbocycles. The number of oxime groups is 1. The number of hydrogen-bond donors (Lipinski definition) is 5. The number of carbonyl (C=O) groups is 3. The number of hydroxylamine groups is 2. The van der Waals surface area contributed by atoms with Crippen molar-refractivity contribution in [1.29, 1.82) is 0 Å². The highest BCUT2D eigenvalue weighted by Gasteiger charge is 2.58. The summed E-state index contributed by atoms with van der Waals surface area (Å²) in [6, 6.07) is 5.54. The predicted octanol–water partition coefficient (Wildman–Crippen LogP) is 0.504. The summed E-state index contributed by atoms with van der Waals surface area (Å²) in [4.78, 5) is 47.6. The molecule has 4 rings (SSSR count). The van der Waals surface area contributed by atoms with E-state index in [-0.39, 0.29) is 15.2 Å². The molecule has 260 valence electrons.